The summed E-state index contributed by atoms with van der Waals surface area (Å²) in [6, 6.07) is 5.70. The minimum absolute atomic E-state index is 0.418. The number of carboxylic acids is 1. The van der Waals surface area contributed by atoms with Crippen molar-refractivity contribution in [2.24, 2.45) is 5.92 Å². The fraction of sp³-hybridized carbons (Fsp3) is 0.500. The first-order valence-corrected chi connectivity index (χ1v) is 6.20. The Balaban J connectivity index is 2.08. The SMILES string of the molecule is CCCC1CN(c2ccc(C)c(C(=O)O)c2)C1. The van der Waals surface area contributed by atoms with Crippen LogP contribution in [0.25, 0.3) is 0 Å². The third-order valence-corrected chi connectivity index (χ3v) is 3.47. The van der Waals surface area contributed by atoms with Crippen molar-refractivity contribution in [3.05, 3.63) is 29.3 Å². The zero-order valence-electron chi connectivity index (χ0n) is 10.4. The van der Waals surface area contributed by atoms with Gasteiger partial charge < -0.3 is 10.0 Å². The van der Waals surface area contributed by atoms with E-state index in [9.17, 15) is 4.79 Å². The molecule has 3 heteroatoms. The van der Waals surface area contributed by atoms with Crippen LogP contribution < -0.4 is 4.90 Å². The number of carboxylic acid groups (broad SMARTS) is 1. The van der Waals surface area contributed by atoms with Crippen LogP contribution in [-0.4, -0.2) is 24.2 Å². The van der Waals surface area contributed by atoms with Gasteiger partial charge in [-0.2, -0.15) is 0 Å². The predicted molar refractivity (Wildman–Crippen MR) is 68.7 cm³/mol. The van der Waals surface area contributed by atoms with Crippen molar-refractivity contribution >= 4 is 11.7 Å². The molecule has 2 rings (SSSR count). The van der Waals surface area contributed by atoms with Crippen molar-refractivity contribution in [3.8, 4) is 0 Å². The van der Waals surface area contributed by atoms with Gasteiger partial charge in [0, 0.05) is 18.8 Å². The van der Waals surface area contributed by atoms with E-state index in [1.54, 1.807) is 6.07 Å². The van der Waals surface area contributed by atoms with Gasteiger partial charge in [0.15, 0.2) is 0 Å². The van der Waals surface area contributed by atoms with Gasteiger partial charge in [0.05, 0.1) is 5.56 Å². The largest absolute Gasteiger partial charge is 0.478 e. The molecule has 0 aromatic heterocycles. The Hall–Kier alpha value is -1.51. The zero-order chi connectivity index (χ0) is 12.4. The second kappa shape index (κ2) is 4.78. The normalized spacial score (nSPS) is 15.8. The second-order valence-corrected chi connectivity index (χ2v) is 4.86. The van der Waals surface area contributed by atoms with Crippen LogP contribution in [0.15, 0.2) is 18.2 Å². The molecule has 1 fully saturated rings. The highest BCUT2D eigenvalue weighted by Gasteiger charge is 2.26. The summed E-state index contributed by atoms with van der Waals surface area (Å²) in [5.74, 6) is -0.0513. The number of aryl methyl sites for hydroxylation is 1. The van der Waals surface area contributed by atoms with Gasteiger partial charge in [-0.15, -0.1) is 0 Å². The number of rotatable bonds is 4. The quantitative estimate of drug-likeness (QED) is 0.869. The number of aromatic carboxylic acids is 1. The topological polar surface area (TPSA) is 40.5 Å². The van der Waals surface area contributed by atoms with E-state index in [-0.39, 0.29) is 0 Å². The molecule has 17 heavy (non-hydrogen) atoms. The lowest BCUT2D eigenvalue weighted by Gasteiger charge is -2.41. The molecular weight excluding hydrogens is 214 g/mol. The van der Waals surface area contributed by atoms with Crippen LogP contribution in [0.5, 0.6) is 0 Å². The molecule has 1 aliphatic rings. The highest BCUT2D eigenvalue weighted by atomic mass is 16.4. The van der Waals surface area contributed by atoms with Crippen molar-refractivity contribution in [2.45, 2.75) is 26.7 Å². The number of benzene rings is 1. The molecule has 1 aliphatic heterocycles. The van der Waals surface area contributed by atoms with Crippen molar-refractivity contribution in [2.75, 3.05) is 18.0 Å². The molecular formula is C14H19NO2. The van der Waals surface area contributed by atoms with Crippen LogP contribution in [0.1, 0.15) is 35.7 Å². The highest BCUT2D eigenvalue weighted by molar-refractivity contribution is 5.90. The lowest BCUT2D eigenvalue weighted by atomic mass is 9.94. The molecule has 0 atom stereocenters. The second-order valence-electron chi connectivity index (χ2n) is 4.86. The molecule has 3 nitrogen and oxygen atoms in total. The average molecular weight is 233 g/mol. The van der Waals surface area contributed by atoms with Gasteiger partial charge in [-0.3, -0.25) is 0 Å². The van der Waals surface area contributed by atoms with Gasteiger partial charge in [-0.05, 0) is 37.0 Å². The van der Waals surface area contributed by atoms with E-state index in [0.29, 0.717) is 5.56 Å². The highest BCUT2D eigenvalue weighted by Crippen LogP contribution is 2.28. The monoisotopic (exact) mass is 233 g/mol. The zero-order valence-corrected chi connectivity index (χ0v) is 10.4. The Labute approximate surface area is 102 Å². The Morgan fingerprint density at radius 3 is 2.76 bits per heavy atom. The Bertz CT molecular complexity index is 422. The Morgan fingerprint density at radius 1 is 1.47 bits per heavy atom. The van der Waals surface area contributed by atoms with Gasteiger partial charge in [0.2, 0.25) is 0 Å². The summed E-state index contributed by atoms with van der Waals surface area (Å²) in [5, 5.41) is 9.08. The van der Waals surface area contributed by atoms with Crippen LogP contribution in [-0.2, 0) is 0 Å². The standard InChI is InChI=1S/C14H19NO2/c1-3-4-11-8-15(9-11)12-6-5-10(2)13(7-12)14(16)17/h5-7,11H,3-4,8-9H2,1-2H3,(H,16,17). The predicted octanol–water partition coefficient (Wildman–Crippen LogP) is 2.93. The third-order valence-electron chi connectivity index (χ3n) is 3.47. The van der Waals surface area contributed by atoms with E-state index < -0.39 is 5.97 Å². The van der Waals surface area contributed by atoms with Crippen LogP contribution in [0.4, 0.5) is 5.69 Å². The fourth-order valence-corrected chi connectivity index (χ4v) is 2.41. The van der Waals surface area contributed by atoms with Gasteiger partial charge in [-0.1, -0.05) is 19.4 Å². The first kappa shape index (κ1) is 12.0. The number of anilines is 1. The molecule has 0 bridgehead atoms. The number of hydrogen-bond acceptors (Lipinski definition) is 2. The summed E-state index contributed by atoms with van der Waals surface area (Å²) in [6.07, 6.45) is 2.50. The van der Waals surface area contributed by atoms with Crippen molar-refractivity contribution < 1.29 is 9.90 Å². The fourth-order valence-electron chi connectivity index (χ4n) is 2.41. The Kier molecular flexibility index (Phi) is 3.36. The Morgan fingerprint density at radius 2 is 2.18 bits per heavy atom. The molecule has 1 aromatic rings. The van der Waals surface area contributed by atoms with Gasteiger partial charge in [0.25, 0.3) is 0 Å². The van der Waals surface area contributed by atoms with Crippen LogP contribution in [0.2, 0.25) is 0 Å². The van der Waals surface area contributed by atoms with Crippen molar-refractivity contribution in [1.29, 1.82) is 0 Å². The summed E-state index contributed by atoms with van der Waals surface area (Å²) >= 11 is 0. The summed E-state index contributed by atoms with van der Waals surface area (Å²) in [4.78, 5) is 13.3. The first-order valence-electron chi connectivity index (χ1n) is 6.20. The van der Waals surface area contributed by atoms with Crippen LogP contribution in [0, 0.1) is 12.8 Å². The maximum absolute atomic E-state index is 11.1. The van der Waals surface area contributed by atoms with Crippen LogP contribution >= 0.6 is 0 Å². The summed E-state index contributed by atoms with van der Waals surface area (Å²) in [7, 11) is 0. The number of nitrogens with zero attached hydrogens (tertiary/aromatic N) is 1. The molecule has 92 valence electrons. The molecule has 0 aliphatic carbocycles. The van der Waals surface area contributed by atoms with Crippen molar-refractivity contribution in [3.63, 3.8) is 0 Å². The van der Waals surface area contributed by atoms with E-state index in [2.05, 4.69) is 11.8 Å². The average Bonchev–Trinajstić information content (AvgIpc) is 2.24. The minimum Gasteiger partial charge on any atom is -0.478 e. The summed E-state index contributed by atoms with van der Waals surface area (Å²) in [5.41, 5.74) is 2.29. The molecule has 0 amide bonds. The maximum atomic E-state index is 11.1. The molecule has 0 radical (unpaired) electrons. The van der Waals surface area contributed by atoms with E-state index in [1.165, 1.54) is 12.8 Å². The van der Waals surface area contributed by atoms with E-state index in [4.69, 9.17) is 5.11 Å². The molecule has 1 aromatic carbocycles. The first-order chi connectivity index (χ1) is 8.11. The van der Waals surface area contributed by atoms with E-state index in [0.717, 1.165) is 30.3 Å². The number of carbonyl (C=O) groups is 1. The lowest BCUT2D eigenvalue weighted by molar-refractivity contribution is 0.0696. The third kappa shape index (κ3) is 2.43. The number of hydrogen-bond donors (Lipinski definition) is 1. The summed E-state index contributed by atoms with van der Waals surface area (Å²) < 4.78 is 0. The molecule has 0 saturated carbocycles. The molecule has 1 saturated heterocycles. The molecule has 1 N–H and O–H groups in total. The van der Waals surface area contributed by atoms with Crippen molar-refractivity contribution in [1.82, 2.24) is 0 Å². The molecule has 0 unspecified atom stereocenters. The van der Waals surface area contributed by atoms with E-state index in [1.807, 2.05) is 19.1 Å². The minimum atomic E-state index is -0.838. The van der Waals surface area contributed by atoms with Gasteiger partial charge >= 0.3 is 5.97 Å². The molecule has 0 spiro atoms. The lowest BCUT2D eigenvalue weighted by Crippen LogP contribution is -2.46. The summed E-state index contributed by atoms with van der Waals surface area (Å²) in [6.45, 7) is 6.17. The van der Waals surface area contributed by atoms with Gasteiger partial charge in [-0.25, -0.2) is 4.79 Å². The maximum Gasteiger partial charge on any atom is 0.336 e. The van der Waals surface area contributed by atoms with E-state index >= 15 is 0 Å². The van der Waals surface area contributed by atoms with Gasteiger partial charge in [0.1, 0.15) is 0 Å². The molecule has 1 heterocycles. The van der Waals surface area contributed by atoms with Crippen LogP contribution in [0.3, 0.4) is 0 Å². The smallest absolute Gasteiger partial charge is 0.336 e.